The molecule has 3 atom stereocenters. The lowest BCUT2D eigenvalue weighted by molar-refractivity contribution is -0.142. The smallest absolute Gasteiger partial charge is 0.307 e. The van der Waals surface area contributed by atoms with Gasteiger partial charge in [0.2, 0.25) is 0 Å². The first-order chi connectivity index (χ1) is 11.8. The average molecular weight is 388 g/mol. The maximum Gasteiger partial charge on any atom is 0.307 e. The van der Waals surface area contributed by atoms with Gasteiger partial charge >= 0.3 is 11.9 Å². The number of hydrogen-bond donors (Lipinski definition) is 3. The Morgan fingerprint density at radius 2 is 1.80 bits per heavy atom. The van der Waals surface area contributed by atoms with Crippen molar-refractivity contribution in [3.8, 4) is 0 Å². The molecule has 0 aliphatic carbocycles. The Kier molecular flexibility index (Phi) is 9.25. The Hall–Kier alpha value is -1.30. The summed E-state index contributed by atoms with van der Waals surface area (Å²) in [6.45, 7) is 2.03. The standard InChI is InChI=1S/C17H25O6PS/c1-2-13(14-6-4-3-5-7-14)10-11-24(22,25-23)12-15(17(20)21)8-9-16(18)19/h3-7,13,15,23H,2,8-12H2,1H3,(H,18,19)(H,20,21). The maximum atomic E-state index is 12.9. The Morgan fingerprint density at radius 3 is 2.28 bits per heavy atom. The van der Waals surface area contributed by atoms with Crippen LogP contribution >= 0.6 is 18.0 Å². The topological polar surface area (TPSA) is 112 Å². The minimum Gasteiger partial charge on any atom is -0.481 e. The van der Waals surface area contributed by atoms with Crippen LogP contribution in [0.3, 0.4) is 0 Å². The highest BCUT2D eigenvalue weighted by atomic mass is 32.7. The molecule has 8 heteroatoms. The number of hydrogen-bond acceptors (Lipinski definition) is 5. The van der Waals surface area contributed by atoms with Crippen molar-refractivity contribution < 1.29 is 28.9 Å². The normalized spacial score (nSPS) is 15.9. The summed E-state index contributed by atoms with van der Waals surface area (Å²) in [5, 5.41) is 18.0. The molecule has 0 spiro atoms. The first-order valence-electron chi connectivity index (χ1n) is 8.22. The molecular weight excluding hydrogens is 363 g/mol. The molecule has 3 N–H and O–H groups in total. The van der Waals surface area contributed by atoms with E-state index in [9.17, 15) is 23.8 Å². The van der Waals surface area contributed by atoms with Gasteiger partial charge in [0.25, 0.3) is 0 Å². The van der Waals surface area contributed by atoms with Gasteiger partial charge in [0.05, 0.1) is 17.6 Å². The van der Waals surface area contributed by atoms with Crippen molar-refractivity contribution in [2.24, 2.45) is 5.92 Å². The molecule has 1 aromatic rings. The Balaban J connectivity index is 2.74. The maximum absolute atomic E-state index is 12.9. The SMILES string of the molecule is CCC(CCP(=O)(CC(CCC(=O)O)C(=O)O)SO)c1ccccc1. The van der Waals surface area contributed by atoms with E-state index in [1.165, 1.54) is 0 Å². The first kappa shape index (κ1) is 21.7. The van der Waals surface area contributed by atoms with Crippen LogP contribution in [-0.2, 0) is 14.2 Å². The van der Waals surface area contributed by atoms with E-state index in [0.29, 0.717) is 6.42 Å². The van der Waals surface area contributed by atoms with Gasteiger partial charge in [-0.05, 0) is 30.7 Å². The Labute approximate surface area is 152 Å². The van der Waals surface area contributed by atoms with Gasteiger partial charge in [-0.15, -0.1) is 0 Å². The van der Waals surface area contributed by atoms with Crippen molar-refractivity contribution in [3.63, 3.8) is 0 Å². The van der Waals surface area contributed by atoms with E-state index in [1.807, 2.05) is 37.3 Å². The molecule has 1 rings (SSSR count). The van der Waals surface area contributed by atoms with Crippen LogP contribution in [0.15, 0.2) is 30.3 Å². The fourth-order valence-corrected chi connectivity index (χ4v) is 6.12. The van der Waals surface area contributed by atoms with Gasteiger partial charge in [0.15, 0.2) is 6.34 Å². The van der Waals surface area contributed by atoms with Crippen molar-refractivity contribution in [2.45, 2.75) is 38.5 Å². The van der Waals surface area contributed by atoms with Gasteiger partial charge in [-0.2, -0.15) is 0 Å². The van der Waals surface area contributed by atoms with Gasteiger partial charge in [-0.25, -0.2) is 0 Å². The van der Waals surface area contributed by atoms with E-state index in [0.717, 1.165) is 12.0 Å². The largest absolute Gasteiger partial charge is 0.481 e. The Bertz CT molecular complexity index is 606. The van der Waals surface area contributed by atoms with Crippen molar-refractivity contribution >= 4 is 29.9 Å². The molecule has 0 aliphatic heterocycles. The van der Waals surface area contributed by atoms with Crippen LogP contribution in [0.25, 0.3) is 0 Å². The quantitative estimate of drug-likeness (QED) is 0.354. The molecule has 6 nitrogen and oxygen atoms in total. The lowest BCUT2D eigenvalue weighted by Gasteiger charge is -2.22. The fraction of sp³-hybridized carbons (Fsp3) is 0.529. The van der Waals surface area contributed by atoms with Crippen LogP contribution in [-0.4, -0.2) is 39.0 Å². The highest BCUT2D eigenvalue weighted by Gasteiger charge is 2.32. The summed E-state index contributed by atoms with van der Waals surface area (Å²) < 4.78 is 22.4. The second kappa shape index (κ2) is 10.6. The molecule has 0 heterocycles. The van der Waals surface area contributed by atoms with E-state index >= 15 is 0 Å². The third-order valence-electron chi connectivity index (χ3n) is 4.29. The molecule has 0 aromatic heterocycles. The predicted octanol–water partition coefficient (Wildman–Crippen LogP) is 4.62. The molecular formula is C17H25O6PS. The van der Waals surface area contributed by atoms with Crippen LogP contribution in [0, 0.1) is 5.92 Å². The third-order valence-corrected chi connectivity index (χ3v) is 8.41. The molecule has 0 saturated carbocycles. The summed E-state index contributed by atoms with van der Waals surface area (Å²) in [4.78, 5) is 22.0. The second-order valence-electron chi connectivity index (χ2n) is 6.07. The number of carboxylic acids is 2. The van der Waals surface area contributed by atoms with Crippen LogP contribution in [0.5, 0.6) is 0 Å². The van der Waals surface area contributed by atoms with Gasteiger partial charge in [0.1, 0.15) is 0 Å². The molecule has 0 fully saturated rings. The van der Waals surface area contributed by atoms with E-state index in [2.05, 4.69) is 0 Å². The van der Waals surface area contributed by atoms with E-state index in [-0.39, 0.29) is 42.7 Å². The van der Waals surface area contributed by atoms with Crippen LogP contribution in [0.4, 0.5) is 0 Å². The molecule has 0 saturated heterocycles. The highest BCUT2D eigenvalue weighted by Crippen LogP contribution is 2.59. The van der Waals surface area contributed by atoms with E-state index in [4.69, 9.17) is 5.11 Å². The van der Waals surface area contributed by atoms with Gasteiger partial charge in [-0.1, -0.05) is 37.3 Å². The molecule has 0 amide bonds. The van der Waals surface area contributed by atoms with Gasteiger partial charge in [0, 0.05) is 18.7 Å². The highest BCUT2D eigenvalue weighted by molar-refractivity contribution is 8.55. The summed E-state index contributed by atoms with van der Waals surface area (Å²) in [5.41, 5.74) is 1.13. The van der Waals surface area contributed by atoms with Crippen molar-refractivity contribution in [1.29, 1.82) is 0 Å². The van der Waals surface area contributed by atoms with Gasteiger partial charge in [-0.3, -0.25) is 9.59 Å². The molecule has 1 aromatic carbocycles. The summed E-state index contributed by atoms with van der Waals surface area (Å²) in [6, 6.07) is 9.79. The van der Waals surface area contributed by atoms with Gasteiger partial charge < -0.3 is 19.3 Å². The molecule has 0 bridgehead atoms. The first-order valence-corrected chi connectivity index (χ1v) is 11.7. The van der Waals surface area contributed by atoms with E-state index in [1.54, 1.807) is 0 Å². The number of carboxylic acid groups (broad SMARTS) is 2. The third kappa shape index (κ3) is 7.63. The summed E-state index contributed by atoms with van der Waals surface area (Å²) in [6.07, 6.45) is -2.09. The van der Waals surface area contributed by atoms with Crippen molar-refractivity contribution in [1.82, 2.24) is 0 Å². The number of aliphatic carboxylic acids is 2. The van der Waals surface area contributed by atoms with Crippen molar-refractivity contribution in [2.75, 3.05) is 12.3 Å². The molecule has 3 unspecified atom stereocenters. The zero-order valence-corrected chi connectivity index (χ0v) is 15.9. The zero-order valence-electron chi connectivity index (χ0n) is 14.2. The number of benzene rings is 1. The van der Waals surface area contributed by atoms with Crippen molar-refractivity contribution in [3.05, 3.63) is 35.9 Å². The summed E-state index contributed by atoms with van der Waals surface area (Å²) in [7, 11) is 0. The van der Waals surface area contributed by atoms with E-state index < -0.39 is 24.2 Å². The summed E-state index contributed by atoms with van der Waals surface area (Å²) >= 11 is 0.245. The number of carbonyl (C=O) groups is 2. The molecule has 0 aliphatic rings. The minimum absolute atomic E-state index is 0.0922. The molecule has 0 radical (unpaired) electrons. The minimum atomic E-state index is -3.16. The monoisotopic (exact) mass is 388 g/mol. The van der Waals surface area contributed by atoms with Crippen LogP contribution in [0.2, 0.25) is 0 Å². The second-order valence-corrected chi connectivity index (χ2v) is 11.2. The average Bonchev–Trinajstić information content (AvgIpc) is 2.59. The fourth-order valence-electron chi connectivity index (χ4n) is 2.78. The predicted molar refractivity (Wildman–Crippen MR) is 99.6 cm³/mol. The Morgan fingerprint density at radius 1 is 1.16 bits per heavy atom. The molecule has 25 heavy (non-hydrogen) atoms. The van der Waals surface area contributed by atoms with Crippen LogP contribution < -0.4 is 0 Å². The lowest BCUT2D eigenvalue weighted by Crippen LogP contribution is -2.20. The lowest BCUT2D eigenvalue weighted by atomic mass is 9.94. The van der Waals surface area contributed by atoms with Crippen LogP contribution in [0.1, 0.15) is 44.1 Å². The molecule has 140 valence electrons. The summed E-state index contributed by atoms with van der Waals surface area (Å²) in [5.74, 6) is -3.11. The number of rotatable bonds is 12. The zero-order chi connectivity index (χ0) is 18.9.